The summed E-state index contributed by atoms with van der Waals surface area (Å²) in [5.41, 5.74) is 8.05. The van der Waals surface area contributed by atoms with Gasteiger partial charge in [-0.3, -0.25) is 9.36 Å². The van der Waals surface area contributed by atoms with Crippen molar-refractivity contribution in [3.63, 3.8) is 0 Å². The summed E-state index contributed by atoms with van der Waals surface area (Å²) in [6.07, 6.45) is 3.14. The number of nitriles is 2. The monoisotopic (exact) mass is 464 g/mol. The molecule has 150 valence electrons. The SMILES string of the molecule is COc1ccc(C#N)cc1C=C(C#N)c1cn(C(=O)C(N)CO)c2ccc(Br)cc12. The number of carbonyl (C=O) groups is 1. The van der Waals surface area contributed by atoms with E-state index in [0.717, 1.165) is 4.47 Å². The maximum atomic E-state index is 12.6. The number of aromatic nitrogens is 1. The molecule has 3 aromatic rings. The topological polar surface area (TPSA) is 125 Å². The van der Waals surface area contributed by atoms with Crippen molar-refractivity contribution >= 4 is 44.4 Å². The van der Waals surface area contributed by atoms with E-state index in [1.54, 1.807) is 42.5 Å². The van der Waals surface area contributed by atoms with E-state index in [9.17, 15) is 20.4 Å². The Morgan fingerprint density at radius 3 is 2.73 bits per heavy atom. The molecule has 1 unspecified atom stereocenters. The van der Waals surface area contributed by atoms with Crippen LogP contribution in [-0.2, 0) is 0 Å². The van der Waals surface area contributed by atoms with Gasteiger partial charge in [-0.2, -0.15) is 10.5 Å². The summed E-state index contributed by atoms with van der Waals surface area (Å²) >= 11 is 3.42. The smallest absolute Gasteiger partial charge is 0.250 e. The first-order valence-electron chi connectivity index (χ1n) is 8.85. The van der Waals surface area contributed by atoms with Gasteiger partial charge in [0.1, 0.15) is 11.8 Å². The van der Waals surface area contributed by atoms with E-state index >= 15 is 0 Å². The lowest BCUT2D eigenvalue weighted by molar-refractivity contribution is 0.0847. The summed E-state index contributed by atoms with van der Waals surface area (Å²) in [6, 6.07) is 13.4. The fourth-order valence-electron chi connectivity index (χ4n) is 3.10. The Morgan fingerprint density at radius 1 is 1.33 bits per heavy atom. The minimum absolute atomic E-state index is 0.274. The number of hydrogen-bond donors (Lipinski definition) is 2. The highest BCUT2D eigenvalue weighted by Crippen LogP contribution is 2.32. The van der Waals surface area contributed by atoms with Crippen LogP contribution in [0.2, 0.25) is 0 Å². The first-order chi connectivity index (χ1) is 14.4. The van der Waals surface area contributed by atoms with Crippen LogP contribution in [0.1, 0.15) is 21.5 Å². The van der Waals surface area contributed by atoms with Gasteiger partial charge < -0.3 is 15.6 Å². The van der Waals surface area contributed by atoms with Crippen molar-refractivity contribution in [3.8, 4) is 17.9 Å². The molecular formula is C22H17BrN4O3. The van der Waals surface area contributed by atoms with Gasteiger partial charge in [0.2, 0.25) is 5.91 Å². The molecule has 0 spiro atoms. The van der Waals surface area contributed by atoms with Gasteiger partial charge in [-0.05, 0) is 42.5 Å². The maximum Gasteiger partial charge on any atom is 0.250 e. The maximum absolute atomic E-state index is 12.6. The molecule has 0 saturated carbocycles. The Bertz CT molecular complexity index is 1250. The van der Waals surface area contributed by atoms with Crippen molar-refractivity contribution < 1.29 is 14.6 Å². The number of halogens is 1. The highest BCUT2D eigenvalue weighted by molar-refractivity contribution is 9.10. The first kappa shape index (κ1) is 21.3. The number of fused-ring (bicyclic) bond motifs is 1. The fraction of sp³-hybridized carbons (Fsp3) is 0.136. The molecule has 1 aromatic heterocycles. The molecule has 0 saturated heterocycles. The van der Waals surface area contributed by atoms with Crippen LogP contribution in [0.25, 0.3) is 22.6 Å². The molecular weight excluding hydrogens is 448 g/mol. The van der Waals surface area contributed by atoms with Crippen molar-refractivity contribution in [3.05, 3.63) is 63.8 Å². The molecule has 30 heavy (non-hydrogen) atoms. The third-order valence-corrected chi connectivity index (χ3v) is 5.08. The second-order valence-electron chi connectivity index (χ2n) is 6.44. The zero-order valence-corrected chi connectivity index (χ0v) is 17.5. The summed E-state index contributed by atoms with van der Waals surface area (Å²) in [5.74, 6) is 0.0162. The number of nitrogens with two attached hydrogens (primary N) is 1. The predicted octanol–water partition coefficient (Wildman–Crippen LogP) is 3.31. The number of rotatable bonds is 5. The molecule has 3 rings (SSSR count). The van der Waals surface area contributed by atoms with E-state index in [1.807, 2.05) is 0 Å². The summed E-state index contributed by atoms with van der Waals surface area (Å²) in [6.45, 7) is -0.497. The van der Waals surface area contributed by atoms with Crippen LogP contribution >= 0.6 is 15.9 Å². The standard InChI is InChI=1S/C22H17BrN4O3/c1-30-21-5-2-13(9-24)6-14(21)7-15(10-25)18-11-27(22(29)19(26)12-28)20-4-3-16(23)8-17(18)20/h2-8,11,19,28H,12,26H2,1H3. The molecule has 7 nitrogen and oxygen atoms in total. The molecule has 0 radical (unpaired) electrons. The van der Waals surface area contributed by atoms with Crippen LogP contribution in [0.3, 0.4) is 0 Å². The number of methoxy groups -OCH3 is 1. The molecule has 1 heterocycles. The van der Waals surface area contributed by atoms with E-state index in [2.05, 4.69) is 28.1 Å². The van der Waals surface area contributed by atoms with E-state index in [-0.39, 0.29) is 5.57 Å². The summed E-state index contributed by atoms with van der Waals surface area (Å²) in [7, 11) is 1.50. The number of aliphatic hydroxyl groups is 1. The second-order valence-corrected chi connectivity index (χ2v) is 7.36. The second kappa shape index (κ2) is 8.93. The van der Waals surface area contributed by atoms with Crippen LogP contribution in [0.5, 0.6) is 5.75 Å². The highest BCUT2D eigenvalue weighted by Gasteiger charge is 2.21. The van der Waals surface area contributed by atoms with Crippen molar-refractivity contribution in [2.75, 3.05) is 13.7 Å². The zero-order valence-electron chi connectivity index (χ0n) is 16.0. The van der Waals surface area contributed by atoms with E-state index < -0.39 is 18.6 Å². The minimum atomic E-state index is -1.08. The Labute approximate surface area is 181 Å². The number of allylic oxidation sites excluding steroid dienone is 1. The lowest BCUT2D eigenvalue weighted by Gasteiger charge is -2.08. The van der Waals surface area contributed by atoms with E-state index in [0.29, 0.717) is 33.3 Å². The van der Waals surface area contributed by atoms with Gasteiger partial charge in [0.15, 0.2) is 0 Å². The molecule has 0 aliphatic rings. The van der Waals surface area contributed by atoms with E-state index in [1.165, 1.54) is 17.9 Å². The van der Waals surface area contributed by atoms with Gasteiger partial charge in [-0.1, -0.05) is 15.9 Å². The molecule has 0 amide bonds. The summed E-state index contributed by atoms with van der Waals surface area (Å²) in [4.78, 5) is 12.6. The Morgan fingerprint density at radius 2 is 2.10 bits per heavy atom. The number of hydrogen-bond acceptors (Lipinski definition) is 6. The van der Waals surface area contributed by atoms with Crippen LogP contribution < -0.4 is 10.5 Å². The lowest BCUT2D eigenvalue weighted by atomic mass is 10.0. The third-order valence-electron chi connectivity index (χ3n) is 4.59. The van der Waals surface area contributed by atoms with Crippen LogP contribution in [0.15, 0.2) is 47.1 Å². The first-order valence-corrected chi connectivity index (χ1v) is 9.64. The largest absolute Gasteiger partial charge is 0.496 e. The average molecular weight is 465 g/mol. The molecule has 0 bridgehead atoms. The molecule has 3 N–H and O–H groups in total. The zero-order chi connectivity index (χ0) is 21.8. The Balaban J connectivity index is 2.26. The summed E-state index contributed by atoms with van der Waals surface area (Å²) in [5, 5.41) is 29.0. The lowest BCUT2D eigenvalue weighted by Crippen LogP contribution is -2.37. The van der Waals surface area contributed by atoms with Crippen molar-refractivity contribution in [1.82, 2.24) is 4.57 Å². The number of nitrogens with zero attached hydrogens (tertiary/aromatic N) is 3. The number of benzene rings is 2. The molecule has 2 aromatic carbocycles. The number of carbonyl (C=O) groups excluding carboxylic acids is 1. The van der Waals surface area contributed by atoms with Crippen LogP contribution in [-0.4, -0.2) is 35.3 Å². The molecule has 8 heteroatoms. The Hall–Kier alpha value is -3.43. The van der Waals surface area contributed by atoms with Gasteiger partial charge in [-0.25, -0.2) is 0 Å². The van der Waals surface area contributed by atoms with Gasteiger partial charge in [0.05, 0.1) is 42.5 Å². The number of aliphatic hydroxyl groups excluding tert-OH is 1. The van der Waals surface area contributed by atoms with Gasteiger partial charge in [0.25, 0.3) is 0 Å². The normalized spacial score (nSPS) is 12.3. The van der Waals surface area contributed by atoms with Gasteiger partial charge in [0, 0.05) is 27.2 Å². The molecule has 1 atom stereocenters. The number of ether oxygens (including phenoxy) is 1. The third kappa shape index (κ3) is 3.98. The molecule has 0 aliphatic heterocycles. The van der Waals surface area contributed by atoms with Crippen molar-refractivity contribution in [2.45, 2.75) is 6.04 Å². The Kier molecular flexibility index (Phi) is 6.34. The minimum Gasteiger partial charge on any atom is -0.496 e. The predicted molar refractivity (Wildman–Crippen MR) is 117 cm³/mol. The van der Waals surface area contributed by atoms with Crippen molar-refractivity contribution in [2.24, 2.45) is 5.73 Å². The molecule has 0 fully saturated rings. The summed E-state index contributed by atoms with van der Waals surface area (Å²) < 4.78 is 7.46. The molecule has 0 aliphatic carbocycles. The van der Waals surface area contributed by atoms with Crippen LogP contribution in [0, 0.1) is 22.7 Å². The fourth-order valence-corrected chi connectivity index (χ4v) is 3.46. The van der Waals surface area contributed by atoms with Gasteiger partial charge >= 0.3 is 0 Å². The van der Waals surface area contributed by atoms with Gasteiger partial charge in [-0.15, -0.1) is 0 Å². The quantitative estimate of drug-likeness (QED) is 0.557. The highest BCUT2D eigenvalue weighted by atomic mass is 79.9. The average Bonchev–Trinajstić information content (AvgIpc) is 3.14. The van der Waals surface area contributed by atoms with Crippen molar-refractivity contribution in [1.29, 1.82) is 10.5 Å². The van der Waals surface area contributed by atoms with Crippen LogP contribution in [0.4, 0.5) is 0 Å². The van der Waals surface area contributed by atoms with E-state index in [4.69, 9.17) is 10.5 Å².